The third-order valence-electron chi connectivity index (χ3n) is 2.83. The van der Waals surface area contributed by atoms with Crippen LogP contribution in [0.5, 0.6) is 5.75 Å². The van der Waals surface area contributed by atoms with E-state index in [1.54, 1.807) is 17.8 Å². The number of halogens is 2. The van der Waals surface area contributed by atoms with Gasteiger partial charge in [0.15, 0.2) is 0 Å². The van der Waals surface area contributed by atoms with Crippen LogP contribution in [0.3, 0.4) is 0 Å². The van der Waals surface area contributed by atoms with Crippen molar-refractivity contribution in [2.75, 3.05) is 19.4 Å². The van der Waals surface area contributed by atoms with Gasteiger partial charge >= 0.3 is 0 Å². The highest BCUT2D eigenvalue weighted by Gasteiger charge is 2.04. The molecule has 0 aliphatic heterocycles. The summed E-state index contributed by atoms with van der Waals surface area (Å²) in [5.74, 6) is 1.73. The van der Waals surface area contributed by atoms with E-state index in [2.05, 4.69) is 11.4 Å². The maximum Gasteiger partial charge on any atom is 0.123 e. The first-order chi connectivity index (χ1) is 10.2. The van der Waals surface area contributed by atoms with Crippen molar-refractivity contribution in [2.45, 2.75) is 11.4 Å². The van der Waals surface area contributed by atoms with Crippen LogP contribution in [0.15, 0.2) is 47.4 Å². The Morgan fingerprint density at radius 1 is 1.14 bits per heavy atom. The summed E-state index contributed by atoms with van der Waals surface area (Å²) in [5.41, 5.74) is 1.16. The van der Waals surface area contributed by atoms with E-state index >= 15 is 0 Å². The minimum Gasteiger partial charge on any atom is -0.492 e. The Labute approximate surface area is 139 Å². The lowest BCUT2D eigenvalue weighted by molar-refractivity contribution is 0.339. The summed E-state index contributed by atoms with van der Waals surface area (Å²) in [6, 6.07) is 13.5. The average molecular weight is 342 g/mol. The number of hydrogen-bond donors (Lipinski definition) is 1. The fraction of sp³-hybridized carbons (Fsp3) is 0.250. The van der Waals surface area contributed by atoms with E-state index < -0.39 is 0 Å². The van der Waals surface area contributed by atoms with Gasteiger partial charge in [-0.15, -0.1) is 11.8 Å². The van der Waals surface area contributed by atoms with Crippen LogP contribution in [0.4, 0.5) is 0 Å². The summed E-state index contributed by atoms with van der Waals surface area (Å²) in [6.07, 6.45) is 0. The van der Waals surface area contributed by atoms with Crippen molar-refractivity contribution < 1.29 is 4.74 Å². The van der Waals surface area contributed by atoms with Crippen molar-refractivity contribution in [2.24, 2.45) is 0 Å². The molecule has 0 aromatic heterocycles. The molecule has 2 nitrogen and oxygen atoms in total. The Morgan fingerprint density at radius 3 is 2.76 bits per heavy atom. The molecule has 2 aromatic rings. The second-order valence-electron chi connectivity index (χ2n) is 4.41. The molecule has 0 bridgehead atoms. The first-order valence-corrected chi connectivity index (χ1v) is 8.38. The Bertz CT molecular complexity index is 592. The lowest BCUT2D eigenvalue weighted by atomic mass is 10.2. The van der Waals surface area contributed by atoms with Gasteiger partial charge in [0.1, 0.15) is 5.75 Å². The molecule has 0 fully saturated rings. The van der Waals surface area contributed by atoms with Crippen LogP contribution in [0.1, 0.15) is 5.56 Å². The van der Waals surface area contributed by atoms with Gasteiger partial charge in [-0.1, -0.05) is 41.4 Å². The van der Waals surface area contributed by atoms with Gasteiger partial charge in [-0.25, -0.2) is 0 Å². The molecule has 5 heteroatoms. The number of nitrogens with one attached hydrogen (secondary N) is 1. The minimum absolute atomic E-state index is 0.619. The maximum atomic E-state index is 6.13. The number of hydrogen-bond acceptors (Lipinski definition) is 3. The summed E-state index contributed by atoms with van der Waals surface area (Å²) < 4.78 is 5.84. The van der Waals surface area contributed by atoms with E-state index in [1.165, 1.54) is 0 Å². The number of ether oxygens (including phenoxy) is 1. The van der Waals surface area contributed by atoms with Gasteiger partial charge in [0.2, 0.25) is 0 Å². The van der Waals surface area contributed by atoms with Gasteiger partial charge in [0, 0.05) is 27.8 Å². The standard InChI is InChI=1S/C16H17Cl2NOS/c1-19-11-12-4-2-3-5-15(12)20-8-9-21-16-10-13(17)6-7-14(16)18/h2-7,10,19H,8-9,11H2,1H3. The lowest BCUT2D eigenvalue weighted by Gasteiger charge is -2.11. The molecule has 0 aliphatic carbocycles. The second kappa shape index (κ2) is 8.54. The fourth-order valence-corrected chi connectivity index (χ4v) is 3.19. The van der Waals surface area contributed by atoms with Crippen LogP contribution in [-0.2, 0) is 6.54 Å². The molecule has 0 radical (unpaired) electrons. The zero-order valence-corrected chi connectivity index (χ0v) is 14.1. The van der Waals surface area contributed by atoms with Gasteiger partial charge in [-0.2, -0.15) is 0 Å². The predicted molar refractivity (Wildman–Crippen MR) is 91.9 cm³/mol. The van der Waals surface area contributed by atoms with Crippen LogP contribution in [0.2, 0.25) is 10.0 Å². The summed E-state index contributed by atoms with van der Waals surface area (Å²) in [5, 5.41) is 4.56. The molecule has 0 spiro atoms. The summed E-state index contributed by atoms with van der Waals surface area (Å²) in [7, 11) is 1.92. The van der Waals surface area contributed by atoms with Crippen molar-refractivity contribution in [1.82, 2.24) is 5.32 Å². The Kier molecular flexibility index (Phi) is 6.71. The largest absolute Gasteiger partial charge is 0.492 e. The van der Waals surface area contributed by atoms with E-state index in [0.29, 0.717) is 11.6 Å². The zero-order chi connectivity index (χ0) is 15.1. The molecule has 0 atom stereocenters. The first-order valence-electron chi connectivity index (χ1n) is 6.64. The molecule has 2 rings (SSSR count). The highest BCUT2D eigenvalue weighted by Crippen LogP contribution is 2.29. The molecule has 0 heterocycles. The van der Waals surface area contributed by atoms with Gasteiger partial charge in [0.25, 0.3) is 0 Å². The monoisotopic (exact) mass is 341 g/mol. The van der Waals surface area contributed by atoms with Gasteiger partial charge in [-0.05, 0) is 31.3 Å². The number of thioether (sulfide) groups is 1. The van der Waals surface area contributed by atoms with Gasteiger partial charge in [0.05, 0.1) is 11.6 Å². The smallest absolute Gasteiger partial charge is 0.123 e. The summed E-state index contributed by atoms with van der Waals surface area (Å²) >= 11 is 13.7. The molecule has 0 unspecified atom stereocenters. The van der Waals surface area contributed by atoms with Gasteiger partial charge < -0.3 is 10.1 Å². The molecule has 0 amide bonds. The highest BCUT2D eigenvalue weighted by atomic mass is 35.5. The van der Waals surface area contributed by atoms with Crippen molar-refractivity contribution in [1.29, 1.82) is 0 Å². The van der Waals surface area contributed by atoms with Crippen molar-refractivity contribution in [3.05, 3.63) is 58.1 Å². The van der Waals surface area contributed by atoms with E-state index in [1.807, 2.05) is 37.4 Å². The minimum atomic E-state index is 0.619. The van der Waals surface area contributed by atoms with E-state index in [9.17, 15) is 0 Å². The molecular formula is C16H17Cl2NOS. The van der Waals surface area contributed by atoms with Crippen molar-refractivity contribution >= 4 is 35.0 Å². The molecule has 112 valence electrons. The average Bonchev–Trinajstić information content (AvgIpc) is 2.49. The molecule has 1 N–H and O–H groups in total. The number of rotatable bonds is 7. The SMILES string of the molecule is CNCc1ccccc1OCCSc1cc(Cl)ccc1Cl. The quantitative estimate of drug-likeness (QED) is 0.572. The Morgan fingerprint density at radius 2 is 1.95 bits per heavy atom. The molecule has 0 saturated heterocycles. The third-order valence-corrected chi connectivity index (χ3v) is 4.53. The first kappa shape index (κ1) is 16.5. The zero-order valence-electron chi connectivity index (χ0n) is 11.7. The van der Waals surface area contributed by atoms with Crippen LogP contribution in [0, 0.1) is 0 Å². The molecule has 0 saturated carbocycles. The Hall–Kier alpha value is -0.870. The maximum absolute atomic E-state index is 6.13. The highest BCUT2D eigenvalue weighted by molar-refractivity contribution is 7.99. The molecular weight excluding hydrogens is 325 g/mol. The normalized spacial score (nSPS) is 10.6. The topological polar surface area (TPSA) is 21.3 Å². The molecule has 0 aliphatic rings. The molecule has 2 aromatic carbocycles. The third kappa shape index (κ3) is 5.11. The van der Waals surface area contributed by atoms with Crippen LogP contribution in [-0.4, -0.2) is 19.4 Å². The van der Waals surface area contributed by atoms with Crippen LogP contribution < -0.4 is 10.1 Å². The van der Waals surface area contributed by atoms with E-state index in [4.69, 9.17) is 27.9 Å². The van der Waals surface area contributed by atoms with E-state index in [-0.39, 0.29) is 0 Å². The molecule has 21 heavy (non-hydrogen) atoms. The van der Waals surface area contributed by atoms with E-state index in [0.717, 1.165) is 33.5 Å². The Balaban J connectivity index is 1.86. The predicted octanol–water partition coefficient (Wildman–Crippen LogP) is 4.88. The van der Waals surface area contributed by atoms with Crippen LogP contribution >= 0.6 is 35.0 Å². The van der Waals surface area contributed by atoms with Crippen LogP contribution in [0.25, 0.3) is 0 Å². The number of benzene rings is 2. The second-order valence-corrected chi connectivity index (χ2v) is 6.39. The fourth-order valence-electron chi connectivity index (χ4n) is 1.87. The summed E-state index contributed by atoms with van der Waals surface area (Å²) in [4.78, 5) is 0.983. The van der Waals surface area contributed by atoms with Crippen molar-refractivity contribution in [3.63, 3.8) is 0 Å². The summed E-state index contributed by atoms with van der Waals surface area (Å²) in [6.45, 7) is 1.41. The number of para-hydroxylation sites is 1. The van der Waals surface area contributed by atoms with Gasteiger partial charge in [-0.3, -0.25) is 0 Å². The lowest BCUT2D eigenvalue weighted by Crippen LogP contribution is -2.08. The van der Waals surface area contributed by atoms with Crippen molar-refractivity contribution in [3.8, 4) is 5.75 Å².